The van der Waals surface area contributed by atoms with Gasteiger partial charge in [-0.05, 0) is 36.8 Å². The van der Waals surface area contributed by atoms with Crippen LogP contribution in [0.25, 0.3) is 0 Å². The number of carbonyl (C=O) groups is 2. The van der Waals surface area contributed by atoms with Gasteiger partial charge < -0.3 is 38.3 Å². The zero-order valence-electron chi connectivity index (χ0n) is 18.7. The van der Waals surface area contributed by atoms with Gasteiger partial charge in [-0.3, -0.25) is 9.59 Å². The lowest BCUT2D eigenvalue weighted by atomic mass is 10.0. The highest BCUT2D eigenvalue weighted by atomic mass is 16.5. The molecule has 0 atom stereocenters. The van der Waals surface area contributed by atoms with Crippen molar-refractivity contribution < 1.29 is 14.3 Å². The summed E-state index contributed by atoms with van der Waals surface area (Å²) in [7, 11) is 1.42. The van der Waals surface area contributed by atoms with Crippen molar-refractivity contribution in [3.05, 3.63) is 41.0 Å². The molecule has 2 amide bonds. The monoisotopic (exact) mass is 430 g/mol. The normalized spacial score (nSPS) is 9.94. The number of nitrogens with one attached hydrogen (secondary N) is 2. The minimum atomic E-state index is -0.614. The van der Waals surface area contributed by atoms with Crippen molar-refractivity contribution in [1.82, 2.24) is 0 Å². The Bertz CT molecular complexity index is 913. The average Bonchev–Trinajstić information content (AvgIpc) is 2.74. The summed E-state index contributed by atoms with van der Waals surface area (Å²) >= 11 is 0. The van der Waals surface area contributed by atoms with Crippen LogP contribution in [0.15, 0.2) is 24.3 Å². The lowest BCUT2D eigenvalue weighted by Crippen LogP contribution is -2.18. The molecule has 0 saturated heterocycles. The number of benzene rings is 2. The zero-order chi connectivity index (χ0) is 23.6. The van der Waals surface area contributed by atoms with Gasteiger partial charge in [0.1, 0.15) is 0 Å². The van der Waals surface area contributed by atoms with E-state index < -0.39 is 11.8 Å². The van der Waals surface area contributed by atoms with E-state index >= 15 is 0 Å². The number of unbranched alkanes of at least 4 members (excludes halogenated alkanes) is 1. The van der Waals surface area contributed by atoms with Crippen LogP contribution in [-0.4, -0.2) is 32.0 Å². The van der Waals surface area contributed by atoms with E-state index in [0.717, 1.165) is 0 Å². The molecule has 10 N–H and O–H groups in total. The largest absolute Gasteiger partial charge is 0.494 e. The van der Waals surface area contributed by atoms with Crippen LogP contribution in [0.1, 0.15) is 53.0 Å². The molecule has 2 rings (SSSR count). The quantitative estimate of drug-likeness (QED) is 0.262. The Labute approximate surface area is 183 Å². The Morgan fingerprint density at radius 1 is 0.839 bits per heavy atom. The predicted molar refractivity (Wildman–Crippen MR) is 128 cm³/mol. The summed E-state index contributed by atoms with van der Waals surface area (Å²) in [6, 6.07) is 6.56. The van der Waals surface area contributed by atoms with Crippen LogP contribution >= 0.6 is 0 Å². The molecular formula is C22H34N6O3. The van der Waals surface area contributed by atoms with Crippen LogP contribution in [0.3, 0.4) is 0 Å². The van der Waals surface area contributed by atoms with E-state index in [9.17, 15) is 9.59 Å². The highest BCUT2D eigenvalue weighted by molar-refractivity contribution is 5.99. The lowest BCUT2D eigenvalue weighted by molar-refractivity contribution is 0.0990. The van der Waals surface area contributed by atoms with E-state index in [1.54, 1.807) is 31.2 Å². The second-order valence-electron chi connectivity index (χ2n) is 6.89. The molecule has 9 nitrogen and oxygen atoms in total. The molecule has 0 aliphatic carbocycles. The van der Waals surface area contributed by atoms with E-state index in [1.165, 1.54) is 20.0 Å². The summed E-state index contributed by atoms with van der Waals surface area (Å²) < 4.78 is 5.18. The van der Waals surface area contributed by atoms with Crippen molar-refractivity contribution in [3.8, 4) is 5.75 Å². The third-order valence-electron chi connectivity index (χ3n) is 4.70. The fraction of sp³-hybridized carbons (Fsp3) is 0.364. The Balaban J connectivity index is 0.00000110. The van der Waals surface area contributed by atoms with Gasteiger partial charge in [0.2, 0.25) is 5.91 Å². The van der Waals surface area contributed by atoms with Crippen LogP contribution in [-0.2, 0) is 0 Å². The van der Waals surface area contributed by atoms with Gasteiger partial charge in [0, 0.05) is 18.7 Å². The number of ether oxygens (including phenoxy) is 1. The molecule has 0 unspecified atom stereocenters. The predicted octanol–water partition coefficient (Wildman–Crippen LogP) is 2.70. The first kappa shape index (κ1) is 25.4. The maximum absolute atomic E-state index is 11.4. The fourth-order valence-corrected chi connectivity index (χ4v) is 2.71. The zero-order valence-corrected chi connectivity index (χ0v) is 18.7. The van der Waals surface area contributed by atoms with Crippen molar-refractivity contribution in [2.75, 3.05) is 42.3 Å². The summed E-state index contributed by atoms with van der Waals surface area (Å²) in [6.45, 7) is 7.14. The number of rotatable bonds is 9. The van der Waals surface area contributed by atoms with Crippen LogP contribution in [0.2, 0.25) is 0 Å². The van der Waals surface area contributed by atoms with Gasteiger partial charge in [0.15, 0.2) is 5.75 Å². The molecule has 0 bridgehead atoms. The summed E-state index contributed by atoms with van der Waals surface area (Å²) in [4.78, 5) is 22.7. The smallest absolute Gasteiger partial charge is 0.252 e. The molecule has 0 fully saturated rings. The third-order valence-corrected chi connectivity index (χ3v) is 4.70. The number of hydrogen-bond acceptors (Lipinski definition) is 7. The van der Waals surface area contributed by atoms with E-state index in [-0.39, 0.29) is 11.3 Å². The van der Waals surface area contributed by atoms with Gasteiger partial charge in [0.05, 0.1) is 35.4 Å². The minimum Gasteiger partial charge on any atom is -0.494 e. The Morgan fingerprint density at radius 2 is 1.29 bits per heavy atom. The molecular weight excluding hydrogens is 396 g/mol. The van der Waals surface area contributed by atoms with Gasteiger partial charge in [-0.15, -0.1) is 0 Å². The fourth-order valence-electron chi connectivity index (χ4n) is 2.71. The summed E-state index contributed by atoms with van der Waals surface area (Å²) in [5, 5.41) is 6.34. The van der Waals surface area contributed by atoms with Crippen LogP contribution in [0.5, 0.6) is 5.75 Å². The first-order valence-electron chi connectivity index (χ1n) is 10.1. The summed E-state index contributed by atoms with van der Waals surface area (Å²) in [6.07, 6.45) is 2.64. The van der Waals surface area contributed by atoms with Crippen LogP contribution in [0.4, 0.5) is 22.7 Å². The lowest BCUT2D eigenvalue weighted by Gasteiger charge is -2.16. The molecule has 9 heteroatoms. The number of anilines is 4. The van der Waals surface area contributed by atoms with E-state index in [1.807, 2.05) is 0 Å². The molecule has 0 radical (unpaired) electrons. The van der Waals surface area contributed by atoms with Crippen molar-refractivity contribution >= 4 is 34.6 Å². The van der Waals surface area contributed by atoms with Gasteiger partial charge >= 0.3 is 0 Å². The highest BCUT2D eigenvalue weighted by Crippen LogP contribution is 2.33. The van der Waals surface area contributed by atoms with E-state index in [0.29, 0.717) is 47.0 Å². The maximum Gasteiger partial charge on any atom is 0.252 e. The number of amides is 2. The Hall–Kier alpha value is -3.62. The SMILES string of the molecule is CCCC.COc1c(C(N)=O)ccc(NCCNc2ccc(C(N)=O)c(C)c2N)c1N. The van der Waals surface area contributed by atoms with E-state index in [4.69, 9.17) is 27.7 Å². The van der Waals surface area contributed by atoms with Crippen molar-refractivity contribution in [2.45, 2.75) is 33.6 Å². The molecule has 0 aromatic heterocycles. The van der Waals surface area contributed by atoms with Crippen molar-refractivity contribution in [2.24, 2.45) is 11.5 Å². The van der Waals surface area contributed by atoms with Crippen molar-refractivity contribution in [1.29, 1.82) is 0 Å². The first-order chi connectivity index (χ1) is 14.7. The molecule has 0 aliphatic heterocycles. The Kier molecular flexibility index (Phi) is 9.97. The number of hydrogen-bond donors (Lipinski definition) is 6. The molecule has 170 valence electrons. The van der Waals surface area contributed by atoms with Crippen LogP contribution in [0, 0.1) is 6.92 Å². The highest BCUT2D eigenvalue weighted by Gasteiger charge is 2.15. The average molecular weight is 431 g/mol. The number of nitrogens with two attached hydrogens (primary N) is 4. The molecule has 0 aliphatic rings. The van der Waals surface area contributed by atoms with Gasteiger partial charge in [-0.1, -0.05) is 26.7 Å². The van der Waals surface area contributed by atoms with Gasteiger partial charge in [-0.25, -0.2) is 0 Å². The number of carbonyl (C=O) groups excluding carboxylic acids is 2. The standard InChI is InChI=1S/C18H24N6O3.C4H10/c1-9-10(17(21)25)3-5-12(14(9)19)23-7-8-24-13-6-4-11(18(22)26)16(27-2)15(13)20;1-3-4-2/h3-6,23-24H,7-8,19-20H2,1-2H3,(H2,21,25)(H2,22,26);3-4H2,1-2H3. The number of nitrogen functional groups attached to an aromatic ring is 2. The second kappa shape index (κ2) is 12.2. The van der Waals surface area contributed by atoms with Gasteiger partial charge in [0.25, 0.3) is 5.91 Å². The van der Waals surface area contributed by atoms with E-state index in [2.05, 4.69) is 24.5 Å². The molecule has 0 spiro atoms. The molecule has 0 heterocycles. The van der Waals surface area contributed by atoms with Gasteiger partial charge in [-0.2, -0.15) is 0 Å². The summed E-state index contributed by atoms with van der Waals surface area (Å²) in [5.41, 5.74) is 26.0. The minimum absolute atomic E-state index is 0.219. The maximum atomic E-state index is 11.4. The molecule has 31 heavy (non-hydrogen) atoms. The molecule has 0 saturated carbocycles. The number of methoxy groups -OCH3 is 1. The first-order valence-corrected chi connectivity index (χ1v) is 10.1. The van der Waals surface area contributed by atoms with Crippen LogP contribution < -0.4 is 38.3 Å². The molecule has 2 aromatic carbocycles. The Morgan fingerprint density at radius 3 is 1.71 bits per heavy atom. The van der Waals surface area contributed by atoms with Crippen molar-refractivity contribution in [3.63, 3.8) is 0 Å². The topological polar surface area (TPSA) is 172 Å². The second-order valence-corrected chi connectivity index (χ2v) is 6.89. The number of primary amides is 2. The third kappa shape index (κ3) is 6.70. The molecule has 2 aromatic rings. The summed E-state index contributed by atoms with van der Waals surface area (Å²) in [5.74, 6) is -0.893.